The van der Waals surface area contributed by atoms with Gasteiger partial charge in [-0.1, -0.05) is 26.2 Å². The van der Waals surface area contributed by atoms with Crippen LogP contribution in [-0.2, 0) is 6.42 Å². The number of nitrogens with one attached hydrogen (secondary N) is 1. The first-order valence-electron chi connectivity index (χ1n) is 6.50. The number of hydrogen-bond donors (Lipinski definition) is 1. The number of aromatic nitrogens is 2. The fourth-order valence-corrected chi connectivity index (χ4v) is 1.94. The highest BCUT2D eigenvalue weighted by Gasteiger charge is 2.17. The molecule has 0 unspecified atom stereocenters. The van der Waals surface area contributed by atoms with Crippen molar-refractivity contribution in [3.8, 4) is 5.88 Å². The number of rotatable bonds is 6. The topological polar surface area (TPSA) is 47.0 Å². The molecule has 0 aliphatic heterocycles. The van der Waals surface area contributed by atoms with Crippen molar-refractivity contribution >= 4 is 5.82 Å². The van der Waals surface area contributed by atoms with Crippen LogP contribution in [0.25, 0.3) is 0 Å². The van der Waals surface area contributed by atoms with Crippen LogP contribution in [0, 0.1) is 5.92 Å². The minimum absolute atomic E-state index is 0.695. The lowest BCUT2D eigenvalue weighted by atomic mass is 9.83. The van der Waals surface area contributed by atoms with Crippen molar-refractivity contribution in [1.29, 1.82) is 0 Å². The molecule has 0 aromatic carbocycles. The fraction of sp³-hybridized carbons (Fsp3) is 0.692. The van der Waals surface area contributed by atoms with Gasteiger partial charge in [0, 0.05) is 19.5 Å². The van der Waals surface area contributed by atoms with E-state index >= 15 is 0 Å². The van der Waals surface area contributed by atoms with E-state index in [0.29, 0.717) is 5.88 Å². The van der Waals surface area contributed by atoms with E-state index in [4.69, 9.17) is 4.74 Å². The predicted octanol–water partition coefficient (Wildman–Crippen LogP) is 2.65. The summed E-state index contributed by atoms with van der Waals surface area (Å²) in [6.07, 6.45) is 6.11. The highest BCUT2D eigenvalue weighted by molar-refractivity contribution is 5.37. The molecule has 1 aromatic rings. The zero-order chi connectivity index (χ0) is 12.1. The maximum absolute atomic E-state index is 5.71. The van der Waals surface area contributed by atoms with Gasteiger partial charge in [0.25, 0.3) is 0 Å². The molecule has 0 bridgehead atoms. The van der Waals surface area contributed by atoms with E-state index in [1.54, 1.807) is 0 Å². The molecule has 0 saturated heterocycles. The second-order valence-corrected chi connectivity index (χ2v) is 4.55. The summed E-state index contributed by atoms with van der Waals surface area (Å²) < 4.78 is 5.71. The van der Waals surface area contributed by atoms with Crippen LogP contribution in [0.2, 0.25) is 0 Å². The molecule has 0 atom stereocenters. The van der Waals surface area contributed by atoms with Gasteiger partial charge < -0.3 is 10.1 Å². The Kier molecular flexibility index (Phi) is 4.18. The van der Waals surface area contributed by atoms with E-state index in [0.717, 1.165) is 37.0 Å². The third kappa shape index (κ3) is 3.32. The molecule has 1 aromatic heterocycles. The SMILES string of the molecule is CCc1nc(NC)cc(OCCC2CCC2)n1. The van der Waals surface area contributed by atoms with Crippen LogP contribution in [0.4, 0.5) is 5.82 Å². The smallest absolute Gasteiger partial charge is 0.218 e. The van der Waals surface area contributed by atoms with Gasteiger partial charge in [0.1, 0.15) is 11.6 Å². The number of aryl methyl sites for hydroxylation is 1. The number of ether oxygens (including phenoxy) is 1. The molecule has 1 saturated carbocycles. The molecule has 94 valence electrons. The van der Waals surface area contributed by atoms with Crippen molar-refractivity contribution in [2.75, 3.05) is 19.0 Å². The third-order valence-electron chi connectivity index (χ3n) is 3.32. The summed E-state index contributed by atoms with van der Waals surface area (Å²) in [5.74, 6) is 3.23. The molecule has 1 N–H and O–H groups in total. The van der Waals surface area contributed by atoms with Gasteiger partial charge in [-0.3, -0.25) is 0 Å². The summed E-state index contributed by atoms with van der Waals surface area (Å²) in [5, 5.41) is 3.03. The molecule has 1 aliphatic rings. The quantitative estimate of drug-likeness (QED) is 0.823. The van der Waals surface area contributed by atoms with E-state index in [1.807, 2.05) is 20.0 Å². The summed E-state index contributed by atoms with van der Waals surface area (Å²) in [6, 6.07) is 1.86. The first-order chi connectivity index (χ1) is 8.31. The maximum atomic E-state index is 5.71. The van der Waals surface area contributed by atoms with Gasteiger partial charge in [0.15, 0.2) is 0 Å². The van der Waals surface area contributed by atoms with Gasteiger partial charge in [-0.2, -0.15) is 4.98 Å². The zero-order valence-electron chi connectivity index (χ0n) is 10.7. The maximum Gasteiger partial charge on any atom is 0.218 e. The van der Waals surface area contributed by atoms with Crippen molar-refractivity contribution in [3.05, 3.63) is 11.9 Å². The van der Waals surface area contributed by atoms with Gasteiger partial charge in [-0.05, 0) is 12.3 Å². The average molecular weight is 235 g/mol. The molecule has 2 rings (SSSR count). The summed E-state index contributed by atoms with van der Waals surface area (Å²) in [5.41, 5.74) is 0. The summed E-state index contributed by atoms with van der Waals surface area (Å²) in [4.78, 5) is 8.71. The van der Waals surface area contributed by atoms with Crippen molar-refractivity contribution in [2.24, 2.45) is 5.92 Å². The molecule has 0 spiro atoms. The van der Waals surface area contributed by atoms with Crippen LogP contribution in [0.1, 0.15) is 38.4 Å². The van der Waals surface area contributed by atoms with Crippen molar-refractivity contribution in [2.45, 2.75) is 39.0 Å². The Morgan fingerprint density at radius 3 is 2.82 bits per heavy atom. The molecule has 4 nitrogen and oxygen atoms in total. The Bertz CT molecular complexity index is 341. The van der Waals surface area contributed by atoms with Crippen LogP contribution in [0.5, 0.6) is 5.88 Å². The Labute approximate surface area is 103 Å². The molecule has 1 fully saturated rings. The van der Waals surface area contributed by atoms with Gasteiger partial charge in [0.05, 0.1) is 6.61 Å². The number of hydrogen-bond acceptors (Lipinski definition) is 4. The third-order valence-corrected chi connectivity index (χ3v) is 3.32. The molecule has 1 aliphatic carbocycles. The lowest BCUT2D eigenvalue weighted by Gasteiger charge is -2.24. The molecule has 1 heterocycles. The Morgan fingerprint density at radius 1 is 1.41 bits per heavy atom. The van der Waals surface area contributed by atoms with E-state index in [-0.39, 0.29) is 0 Å². The van der Waals surface area contributed by atoms with E-state index < -0.39 is 0 Å². The Morgan fingerprint density at radius 2 is 2.24 bits per heavy atom. The van der Waals surface area contributed by atoms with Crippen LogP contribution < -0.4 is 10.1 Å². The van der Waals surface area contributed by atoms with E-state index in [9.17, 15) is 0 Å². The largest absolute Gasteiger partial charge is 0.478 e. The molecule has 17 heavy (non-hydrogen) atoms. The zero-order valence-corrected chi connectivity index (χ0v) is 10.7. The van der Waals surface area contributed by atoms with Crippen LogP contribution in [0.15, 0.2) is 6.07 Å². The van der Waals surface area contributed by atoms with E-state index in [1.165, 1.54) is 19.3 Å². The lowest BCUT2D eigenvalue weighted by molar-refractivity contribution is 0.217. The summed E-state index contributed by atoms with van der Waals surface area (Å²) in [6.45, 7) is 2.82. The molecular weight excluding hydrogens is 214 g/mol. The highest BCUT2D eigenvalue weighted by atomic mass is 16.5. The second kappa shape index (κ2) is 5.84. The second-order valence-electron chi connectivity index (χ2n) is 4.55. The van der Waals surface area contributed by atoms with Crippen LogP contribution >= 0.6 is 0 Å². The molecule has 4 heteroatoms. The molecular formula is C13H21N3O. The van der Waals surface area contributed by atoms with Crippen LogP contribution in [0.3, 0.4) is 0 Å². The summed E-state index contributed by atoms with van der Waals surface area (Å²) >= 11 is 0. The fourth-order valence-electron chi connectivity index (χ4n) is 1.94. The minimum Gasteiger partial charge on any atom is -0.478 e. The summed E-state index contributed by atoms with van der Waals surface area (Å²) in [7, 11) is 1.86. The van der Waals surface area contributed by atoms with Gasteiger partial charge in [0.2, 0.25) is 5.88 Å². The van der Waals surface area contributed by atoms with E-state index in [2.05, 4.69) is 15.3 Å². The van der Waals surface area contributed by atoms with Crippen molar-refractivity contribution in [3.63, 3.8) is 0 Å². The van der Waals surface area contributed by atoms with Gasteiger partial charge in [-0.25, -0.2) is 4.98 Å². The predicted molar refractivity (Wildman–Crippen MR) is 68.4 cm³/mol. The first kappa shape index (κ1) is 12.1. The highest BCUT2D eigenvalue weighted by Crippen LogP contribution is 2.29. The van der Waals surface area contributed by atoms with Crippen LogP contribution in [-0.4, -0.2) is 23.6 Å². The Hall–Kier alpha value is -1.32. The van der Waals surface area contributed by atoms with Crippen molar-refractivity contribution in [1.82, 2.24) is 9.97 Å². The average Bonchev–Trinajstić information content (AvgIpc) is 2.31. The lowest BCUT2D eigenvalue weighted by Crippen LogP contribution is -2.15. The number of nitrogens with zero attached hydrogens (tertiary/aromatic N) is 2. The van der Waals surface area contributed by atoms with Gasteiger partial charge in [-0.15, -0.1) is 0 Å². The standard InChI is InChI=1S/C13H21N3O/c1-3-11-15-12(14-2)9-13(16-11)17-8-7-10-5-4-6-10/h9-10H,3-8H2,1-2H3,(H,14,15,16). The Balaban J connectivity index is 1.89. The molecule has 0 radical (unpaired) electrons. The number of anilines is 1. The van der Waals surface area contributed by atoms with Gasteiger partial charge >= 0.3 is 0 Å². The monoisotopic (exact) mass is 235 g/mol. The normalized spacial score (nSPS) is 15.4. The first-order valence-corrected chi connectivity index (χ1v) is 6.50. The molecule has 0 amide bonds. The van der Waals surface area contributed by atoms with Crippen molar-refractivity contribution < 1.29 is 4.74 Å². The minimum atomic E-state index is 0.695.